The van der Waals surface area contributed by atoms with Gasteiger partial charge in [-0.25, -0.2) is 0 Å². The van der Waals surface area contributed by atoms with Gasteiger partial charge in [0.2, 0.25) is 0 Å². The molecule has 1 aromatic rings. The summed E-state index contributed by atoms with van der Waals surface area (Å²) < 4.78 is 5.73. The first kappa shape index (κ1) is 16.6. The maximum Gasteiger partial charge on any atom is 0.122 e. The van der Waals surface area contributed by atoms with Crippen LogP contribution in [0.4, 0.5) is 0 Å². The lowest BCUT2D eigenvalue weighted by atomic mass is 9.89. The number of hydrogen-bond acceptors (Lipinski definition) is 3. The Morgan fingerprint density at radius 1 is 1.24 bits per heavy atom. The molecular weight excluding hydrogens is 260 g/mol. The maximum absolute atomic E-state index is 5.73. The van der Waals surface area contributed by atoms with Gasteiger partial charge < -0.3 is 9.73 Å². The van der Waals surface area contributed by atoms with Crippen LogP contribution < -0.4 is 5.32 Å². The molecule has 1 fully saturated rings. The van der Waals surface area contributed by atoms with E-state index in [2.05, 4.69) is 44.0 Å². The van der Waals surface area contributed by atoms with E-state index in [-0.39, 0.29) is 0 Å². The second-order valence-electron chi connectivity index (χ2n) is 7.12. The summed E-state index contributed by atoms with van der Waals surface area (Å²) in [6, 6.07) is 2.62. The van der Waals surface area contributed by atoms with Gasteiger partial charge in [0, 0.05) is 18.2 Å². The molecule has 0 bridgehead atoms. The Hall–Kier alpha value is -0.800. The van der Waals surface area contributed by atoms with Gasteiger partial charge in [0.05, 0.1) is 12.8 Å². The van der Waals surface area contributed by atoms with Crippen LogP contribution in [-0.2, 0) is 13.1 Å². The van der Waals surface area contributed by atoms with Crippen LogP contribution in [0.2, 0.25) is 0 Å². The van der Waals surface area contributed by atoms with E-state index < -0.39 is 0 Å². The highest BCUT2D eigenvalue weighted by Gasteiger charge is 2.20. The molecule has 3 heteroatoms. The maximum atomic E-state index is 5.73. The fourth-order valence-corrected chi connectivity index (χ4v) is 3.19. The molecule has 0 saturated carbocycles. The summed E-state index contributed by atoms with van der Waals surface area (Å²) in [5, 5.41) is 3.48. The second kappa shape index (κ2) is 8.00. The minimum absolute atomic E-state index is 0.512. The number of nitrogens with zero attached hydrogens (tertiary/aromatic N) is 1. The van der Waals surface area contributed by atoms with Crippen molar-refractivity contribution in [2.24, 2.45) is 11.8 Å². The van der Waals surface area contributed by atoms with Crippen LogP contribution in [0.1, 0.15) is 58.3 Å². The van der Waals surface area contributed by atoms with E-state index >= 15 is 0 Å². The summed E-state index contributed by atoms with van der Waals surface area (Å²) in [5.41, 5.74) is 1.31. The first-order valence-electron chi connectivity index (χ1n) is 8.57. The summed E-state index contributed by atoms with van der Waals surface area (Å²) in [6.45, 7) is 13.4. The lowest BCUT2D eigenvalue weighted by Crippen LogP contribution is -2.26. The van der Waals surface area contributed by atoms with Gasteiger partial charge in [-0.05, 0) is 50.3 Å². The van der Waals surface area contributed by atoms with Gasteiger partial charge in [-0.3, -0.25) is 4.90 Å². The van der Waals surface area contributed by atoms with Crippen LogP contribution in [0, 0.1) is 11.8 Å². The molecule has 1 aliphatic rings. The molecule has 1 saturated heterocycles. The topological polar surface area (TPSA) is 28.4 Å². The normalized spacial score (nSPS) is 21.1. The van der Waals surface area contributed by atoms with Crippen LogP contribution in [0.25, 0.3) is 0 Å². The molecule has 0 spiro atoms. The predicted molar refractivity (Wildman–Crippen MR) is 88.1 cm³/mol. The zero-order valence-electron chi connectivity index (χ0n) is 14.2. The first-order valence-corrected chi connectivity index (χ1v) is 8.57. The molecule has 1 aromatic heterocycles. The standard InChI is InChI=1S/C18H32N2O/c1-14(2)16-6-5-9-20(10-7-16)13-18-17(8-11-21-18)12-19-15(3)4/h8,11,14-16,19H,5-7,9-10,12-13H2,1-4H3. The van der Waals surface area contributed by atoms with E-state index in [9.17, 15) is 0 Å². The highest BCUT2D eigenvalue weighted by molar-refractivity contribution is 5.17. The molecule has 2 rings (SSSR count). The Kier molecular flexibility index (Phi) is 6.31. The van der Waals surface area contributed by atoms with Crippen LogP contribution >= 0.6 is 0 Å². The minimum Gasteiger partial charge on any atom is -0.468 e. The highest BCUT2D eigenvalue weighted by Crippen LogP contribution is 2.25. The Morgan fingerprint density at radius 3 is 2.76 bits per heavy atom. The van der Waals surface area contributed by atoms with E-state index in [1.54, 1.807) is 0 Å². The number of rotatable bonds is 6. The SMILES string of the molecule is CC(C)NCc1ccoc1CN1CCCC(C(C)C)CC1. The molecular formula is C18H32N2O. The quantitative estimate of drug-likeness (QED) is 0.858. The van der Waals surface area contributed by atoms with Gasteiger partial charge in [0.25, 0.3) is 0 Å². The average Bonchev–Trinajstić information content (AvgIpc) is 2.72. The number of furan rings is 1. The molecule has 120 valence electrons. The molecule has 0 aromatic carbocycles. The highest BCUT2D eigenvalue weighted by atomic mass is 16.3. The third kappa shape index (κ3) is 5.15. The van der Waals surface area contributed by atoms with E-state index in [0.29, 0.717) is 6.04 Å². The molecule has 1 N–H and O–H groups in total. The van der Waals surface area contributed by atoms with Crippen molar-refractivity contribution in [3.63, 3.8) is 0 Å². The summed E-state index contributed by atoms with van der Waals surface area (Å²) in [6.07, 6.45) is 5.87. The van der Waals surface area contributed by atoms with Gasteiger partial charge >= 0.3 is 0 Å². The first-order chi connectivity index (χ1) is 10.1. The van der Waals surface area contributed by atoms with Crippen molar-refractivity contribution in [1.29, 1.82) is 0 Å². The van der Waals surface area contributed by atoms with Crippen molar-refractivity contribution < 1.29 is 4.42 Å². The number of likely N-dealkylation sites (tertiary alicyclic amines) is 1. The molecule has 0 radical (unpaired) electrons. The van der Waals surface area contributed by atoms with Crippen molar-refractivity contribution in [2.45, 2.75) is 66.1 Å². The van der Waals surface area contributed by atoms with Crippen LogP contribution in [0.3, 0.4) is 0 Å². The Morgan fingerprint density at radius 2 is 2.05 bits per heavy atom. The zero-order valence-corrected chi connectivity index (χ0v) is 14.2. The third-order valence-electron chi connectivity index (χ3n) is 4.71. The molecule has 21 heavy (non-hydrogen) atoms. The van der Waals surface area contributed by atoms with Gasteiger partial charge in [0.1, 0.15) is 5.76 Å². The monoisotopic (exact) mass is 292 g/mol. The van der Waals surface area contributed by atoms with E-state index in [0.717, 1.165) is 30.7 Å². The largest absolute Gasteiger partial charge is 0.468 e. The molecule has 0 aliphatic carbocycles. The van der Waals surface area contributed by atoms with Gasteiger partial charge in [-0.2, -0.15) is 0 Å². The third-order valence-corrected chi connectivity index (χ3v) is 4.71. The van der Waals surface area contributed by atoms with Crippen molar-refractivity contribution in [3.8, 4) is 0 Å². The van der Waals surface area contributed by atoms with Crippen LogP contribution in [0.5, 0.6) is 0 Å². The van der Waals surface area contributed by atoms with Gasteiger partial charge in [-0.15, -0.1) is 0 Å². The smallest absolute Gasteiger partial charge is 0.122 e. The molecule has 0 amide bonds. The van der Waals surface area contributed by atoms with Crippen LogP contribution in [0.15, 0.2) is 16.7 Å². The van der Waals surface area contributed by atoms with Crippen molar-refractivity contribution in [2.75, 3.05) is 13.1 Å². The average molecular weight is 292 g/mol. The van der Waals surface area contributed by atoms with E-state index in [1.165, 1.54) is 37.9 Å². The zero-order chi connectivity index (χ0) is 15.2. The van der Waals surface area contributed by atoms with Crippen molar-refractivity contribution >= 4 is 0 Å². The Bertz CT molecular complexity index is 411. The molecule has 1 atom stereocenters. The van der Waals surface area contributed by atoms with Crippen LogP contribution in [-0.4, -0.2) is 24.0 Å². The molecule has 1 aliphatic heterocycles. The fourth-order valence-electron chi connectivity index (χ4n) is 3.19. The summed E-state index contributed by atoms with van der Waals surface area (Å²) in [7, 11) is 0. The summed E-state index contributed by atoms with van der Waals surface area (Å²) >= 11 is 0. The lowest BCUT2D eigenvalue weighted by Gasteiger charge is -2.21. The Balaban J connectivity index is 1.88. The summed E-state index contributed by atoms with van der Waals surface area (Å²) in [4.78, 5) is 2.57. The predicted octanol–water partition coefficient (Wildman–Crippen LogP) is 4.04. The Labute approximate surface area is 130 Å². The molecule has 2 heterocycles. The van der Waals surface area contributed by atoms with Gasteiger partial charge in [0.15, 0.2) is 0 Å². The minimum atomic E-state index is 0.512. The molecule has 1 unspecified atom stereocenters. The molecule has 3 nitrogen and oxygen atoms in total. The van der Waals surface area contributed by atoms with E-state index in [4.69, 9.17) is 4.42 Å². The van der Waals surface area contributed by atoms with Gasteiger partial charge in [-0.1, -0.05) is 27.7 Å². The second-order valence-corrected chi connectivity index (χ2v) is 7.12. The van der Waals surface area contributed by atoms with Crippen molar-refractivity contribution in [1.82, 2.24) is 10.2 Å². The fraction of sp³-hybridized carbons (Fsp3) is 0.778. The van der Waals surface area contributed by atoms with E-state index in [1.807, 2.05) is 6.26 Å². The number of nitrogens with one attached hydrogen (secondary N) is 1. The number of hydrogen-bond donors (Lipinski definition) is 1. The van der Waals surface area contributed by atoms with Crippen molar-refractivity contribution in [3.05, 3.63) is 23.7 Å². The lowest BCUT2D eigenvalue weighted by molar-refractivity contribution is 0.243. The summed E-state index contributed by atoms with van der Waals surface area (Å²) in [5.74, 6) is 2.86.